The number of halogens is 2. The van der Waals surface area contributed by atoms with Crippen LogP contribution in [-0.2, 0) is 11.3 Å². The SMILES string of the molecule is CCC(F)(F)OCc1nn(-c2ccccc2)nc1C. The summed E-state index contributed by atoms with van der Waals surface area (Å²) in [5.41, 5.74) is 1.77. The van der Waals surface area contributed by atoms with E-state index in [4.69, 9.17) is 0 Å². The van der Waals surface area contributed by atoms with Crippen molar-refractivity contribution in [1.29, 1.82) is 0 Å². The van der Waals surface area contributed by atoms with Crippen LogP contribution in [0, 0.1) is 6.92 Å². The van der Waals surface area contributed by atoms with E-state index >= 15 is 0 Å². The van der Waals surface area contributed by atoms with E-state index < -0.39 is 6.11 Å². The largest absolute Gasteiger partial charge is 0.355 e. The second kappa shape index (κ2) is 5.44. The van der Waals surface area contributed by atoms with E-state index in [1.807, 2.05) is 30.3 Å². The maximum absolute atomic E-state index is 13.0. The summed E-state index contributed by atoms with van der Waals surface area (Å²) in [7, 11) is 0. The second-order valence-electron chi connectivity index (χ2n) is 4.14. The van der Waals surface area contributed by atoms with E-state index in [2.05, 4.69) is 14.9 Å². The fraction of sp³-hybridized carbons (Fsp3) is 0.385. The van der Waals surface area contributed by atoms with Gasteiger partial charge in [-0.25, -0.2) is 0 Å². The van der Waals surface area contributed by atoms with Crippen molar-refractivity contribution in [1.82, 2.24) is 15.0 Å². The Kier molecular flexibility index (Phi) is 3.90. The predicted molar refractivity (Wildman–Crippen MR) is 66.1 cm³/mol. The normalized spacial score (nSPS) is 11.8. The molecule has 0 amide bonds. The lowest BCUT2D eigenvalue weighted by Crippen LogP contribution is -2.19. The molecule has 19 heavy (non-hydrogen) atoms. The van der Waals surface area contributed by atoms with Gasteiger partial charge in [0.2, 0.25) is 0 Å². The second-order valence-corrected chi connectivity index (χ2v) is 4.14. The van der Waals surface area contributed by atoms with Gasteiger partial charge in [-0.1, -0.05) is 25.1 Å². The van der Waals surface area contributed by atoms with Crippen molar-refractivity contribution in [3.05, 3.63) is 41.7 Å². The van der Waals surface area contributed by atoms with E-state index in [-0.39, 0.29) is 13.0 Å². The minimum absolute atomic E-state index is 0.250. The highest BCUT2D eigenvalue weighted by Crippen LogP contribution is 2.21. The third-order valence-corrected chi connectivity index (χ3v) is 2.70. The van der Waals surface area contributed by atoms with E-state index in [0.29, 0.717) is 11.4 Å². The van der Waals surface area contributed by atoms with Crippen molar-refractivity contribution in [3.8, 4) is 5.69 Å². The maximum atomic E-state index is 13.0. The lowest BCUT2D eigenvalue weighted by Gasteiger charge is -2.13. The Labute approximate surface area is 110 Å². The van der Waals surface area contributed by atoms with Crippen LogP contribution in [0.4, 0.5) is 8.78 Å². The number of benzene rings is 1. The van der Waals surface area contributed by atoms with Gasteiger partial charge in [-0.3, -0.25) is 0 Å². The van der Waals surface area contributed by atoms with Gasteiger partial charge in [0, 0.05) is 6.42 Å². The summed E-state index contributed by atoms with van der Waals surface area (Å²) in [6, 6.07) is 9.27. The first-order valence-corrected chi connectivity index (χ1v) is 6.02. The number of alkyl halides is 2. The molecule has 0 radical (unpaired) electrons. The molecule has 0 fully saturated rings. The smallest absolute Gasteiger partial charge is 0.314 e. The first kappa shape index (κ1) is 13.6. The van der Waals surface area contributed by atoms with Crippen LogP contribution in [-0.4, -0.2) is 21.1 Å². The molecule has 0 N–H and O–H groups in total. The zero-order valence-corrected chi connectivity index (χ0v) is 10.8. The summed E-state index contributed by atoms with van der Waals surface area (Å²) >= 11 is 0. The number of hydrogen-bond acceptors (Lipinski definition) is 3. The predicted octanol–water partition coefficient (Wildman–Crippen LogP) is 3.10. The molecule has 0 aliphatic rings. The monoisotopic (exact) mass is 267 g/mol. The molecule has 0 saturated heterocycles. The standard InChI is InChI=1S/C13H15F2N3O/c1-3-13(14,15)19-9-12-10(2)16-18(17-12)11-7-5-4-6-8-11/h4-8H,3,9H2,1-2H3. The van der Waals surface area contributed by atoms with Crippen molar-refractivity contribution < 1.29 is 13.5 Å². The Morgan fingerprint density at radius 1 is 1.21 bits per heavy atom. The molecule has 2 aromatic rings. The van der Waals surface area contributed by atoms with Gasteiger partial charge >= 0.3 is 6.11 Å². The zero-order chi connectivity index (χ0) is 13.9. The molecule has 102 valence electrons. The third-order valence-electron chi connectivity index (χ3n) is 2.70. The van der Waals surface area contributed by atoms with Crippen LogP contribution in [0.25, 0.3) is 5.69 Å². The number of aryl methyl sites for hydroxylation is 1. The highest BCUT2D eigenvalue weighted by atomic mass is 19.3. The van der Waals surface area contributed by atoms with E-state index in [1.54, 1.807) is 6.92 Å². The molecule has 0 aliphatic carbocycles. The van der Waals surface area contributed by atoms with Gasteiger partial charge in [-0.2, -0.15) is 23.8 Å². The van der Waals surface area contributed by atoms with Crippen molar-refractivity contribution in [3.63, 3.8) is 0 Å². The fourth-order valence-corrected chi connectivity index (χ4v) is 1.49. The minimum atomic E-state index is -3.12. The fourth-order valence-electron chi connectivity index (χ4n) is 1.49. The number of rotatable bonds is 5. The number of nitrogens with zero attached hydrogens (tertiary/aromatic N) is 3. The van der Waals surface area contributed by atoms with E-state index in [0.717, 1.165) is 5.69 Å². The van der Waals surface area contributed by atoms with Crippen LogP contribution < -0.4 is 0 Å². The molecule has 1 heterocycles. The Hall–Kier alpha value is -1.82. The van der Waals surface area contributed by atoms with Gasteiger partial charge in [0.25, 0.3) is 0 Å². The Bertz CT molecular complexity index is 540. The number of para-hydroxylation sites is 1. The Morgan fingerprint density at radius 3 is 2.53 bits per heavy atom. The molecule has 1 aromatic heterocycles. The molecule has 0 saturated carbocycles. The van der Waals surface area contributed by atoms with Gasteiger partial charge in [0.1, 0.15) is 5.69 Å². The van der Waals surface area contributed by atoms with Crippen LogP contribution >= 0.6 is 0 Å². The van der Waals surface area contributed by atoms with Crippen LogP contribution in [0.15, 0.2) is 30.3 Å². The van der Waals surface area contributed by atoms with Crippen molar-refractivity contribution >= 4 is 0 Å². The molecule has 4 nitrogen and oxygen atoms in total. The molecule has 0 spiro atoms. The summed E-state index contributed by atoms with van der Waals surface area (Å²) in [5.74, 6) is 0. The van der Waals surface area contributed by atoms with Crippen LogP contribution in [0.5, 0.6) is 0 Å². The topological polar surface area (TPSA) is 39.9 Å². The maximum Gasteiger partial charge on any atom is 0.355 e. The van der Waals surface area contributed by atoms with E-state index in [9.17, 15) is 8.78 Å². The molecule has 0 aliphatic heterocycles. The van der Waals surface area contributed by atoms with Gasteiger partial charge < -0.3 is 4.74 Å². The van der Waals surface area contributed by atoms with Crippen LogP contribution in [0.1, 0.15) is 24.7 Å². The van der Waals surface area contributed by atoms with E-state index in [1.165, 1.54) is 11.7 Å². The lowest BCUT2D eigenvalue weighted by molar-refractivity contribution is -0.247. The molecular formula is C13H15F2N3O. The van der Waals surface area contributed by atoms with Gasteiger partial charge in [0.15, 0.2) is 0 Å². The molecule has 0 bridgehead atoms. The number of hydrogen-bond donors (Lipinski definition) is 0. The average molecular weight is 267 g/mol. The molecule has 0 unspecified atom stereocenters. The summed E-state index contributed by atoms with van der Waals surface area (Å²) in [4.78, 5) is 1.41. The van der Waals surface area contributed by atoms with Gasteiger partial charge in [0.05, 0.1) is 18.0 Å². The van der Waals surface area contributed by atoms with Gasteiger partial charge in [-0.05, 0) is 19.1 Å². The van der Waals surface area contributed by atoms with Crippen molar-refractivity contribution in [2.24, 2.45) is 0 Å². The lowest BCUT2D eigenvalue weighted by atomic mass is 10.3. The summed E-state index contributed by atoms with van der Waals surface area (Å²) in [6.45, 7) is 2.84. The third kappa shape index (κ3) is 3.35. The minimum Gasteiger partial charge on any atom is -0.314 e. The van der Waals surface area contributed by atoms with Crippen LogP contribution in [0.2, 0.25) is 0 Å². The van der Waals surface area contributed by atoms with Crippen molar-refractivity contribution in [2.45, 2.75) is 33.0 Å². The number of ether oxygens (including phenoxy) is 1. The summed E-state index contributed by atoms with van der Waals surface area (Å²) in [6.07, 6.45) is -3.48. The Morgan fingerprint density at radius 2 is 1.89 bits per heavy atom. The van der Waals surface area contributed by atoms with Crippen molar-refractivity contribution in [2.75, 3.05) is 0 Å². The first-order chi connectivity index (χ1) is 9.02. The first-order valence-electron chi connectivity index (χ1n) is 6.02. The highest BCUT2D eigenvalue weighted by molar-refractivity contribution is 5.29. The molecule has 2 rings (SSSR count). The highest BCUT2D eigenvalue weighted by Gasteiger charge is 2.27. The molecule has 0 atom stereocenters. The average Bonchev–Trinajstić information content (AvgIpc) is 2.79. The summed E-state index contributed by atoms with van der Waals surface area (Å²) in [5, 5.41) is 8.35. The van der Waals surface area contributed by atoms with Gasteiger partial charge in [-0.15, -0.1) is 0 Å². The quantitative estimate of drug-likeness (QED) is 0.835. The summed E-state index contributed by atoms with van der Waals surface area (Å²) < 4.78 is 30.6. The van der Waals surface area contributed by atoms with Crippen LogP contribution in [0.3, 0.4) is 0 Å². The Balaban J connectivity index is 2.14. The molecule has 1 aromatic carbocycles. The zero-order valence-electron chi connectivity index (χ0n) is 10.8. The number of aromatic nitrogens is 3. The molecular weight excluding hydrogens is 252 g/mol. The molecule has 6 heteroatoms.